The molecule has 0 radical (unpaired) electrons. The van der Waals surface area contributed by atoms with Gasteiger partial charge in [-0.2, -0.15) is 10.2 Å². The predicted molar refractivity (Wildman–Crippen MR) is 76.1 cm³/mol. The van der Waals surface area contributed by atoms with E-state index in [1.807, 2.05) is 6.07 Å². The molecule has 1 saturated heterocycles. The van der Waals surface area contributed by atoms with Crippen LogP contribution in [-0.4, -0.2) is 34.0 Å². The summed E-state index contributed by atoms with van der Waals surface area (Å²) in [6.07, 6.45) is 2.29. The largest absolute Gasteiger partial charge is 0.339 e. The zero-order chi connectivity index (χ0) is 15.1. The monoisotopic (exact) mass is 294 g/mol. The van der Waals surface area contributed by atoms with Crippen molar-refractivity contribution in [2.24, 2.45) is 0 Å². The Kier molecular flexibility index (Phi) is 2.93. The fraction of sp³-hybridized carbons (Fsp3) is 0.375. The van der Waals surface area contributed by atoms with E-state index in [2.05, 4.69) is 10.1 Å². The van der Waals surface area contributed by atoms with E-state index in [1.54, 1.807) is 29.2 Å². The van der Waals surface area contributed by atoms with E-state index in [9.17, 15) is 4.79 Å². The highest BCUT2D eigenvalue weighted by Crippen LogP contribution is 2.39. The van der Waals surface area contributed by atoms with Crippen molar-refractivity contribution in [1.29, 1.82) is 5.26 Å². The Morgan fingerprint density at radius 2 is 1.95 bits per heavy atom. The summed E-state index contributed by atoms with van der Waals surface area (Å²) in [6, 6.07) is 8.73. The molecule has 1 aliphatic heterocycles. The van der Waals surface area contributed by atoms with E-state index in [-0.39, 0.29) is 11.8 Å². The molecule has 2 aromatic rings. The SMILES string of the molecule is N#Cc1ccc(C(=O)N2CC(c3nc(C4CC4)no3)C2)cc1. The Hall–Kier alpha value is -2.68. The number of hydrogen-bond acceptors (Lipinski definition) is 5. The summed E-state index contributed by atoms with van der Waals surface area (Å²) in [5.74, 6) is 2.05. The average Bonchev–Trinajstić information content (AvgIpc) is 3.25. The predicted octanol–water partition coefficient (Wildman–Crippen LogP) is 2.06. The molecule has 22 heavy (non-hydrogen) atoms. The first-order chi connectivity index (χ1) is 10.7. The van der Waals surface area contributed by atoms with Crippen molar-refractivity contribution in [3.63, 3.8) is 0 Å². The van der Waals surface area contributed by atoms with Gasteiger partial charge >= 0.3 is 0 Å². The third-order valence-electron chi connectivity index (χ3n) is 4.18. The van der Waals surface area contributed by atoms with Crippen LogP contribution in [0.4, 0.5) is 0 Å². The first-order valence-electron chi connectivity index (χ1n) is 7.37. The van der Waals surface area contributed by atoms with Crippen LogP contribution in [0.15, 0.2) is 28.8 Å². The van der Waals surface area contributed by atoms with Crippen molar-refractivity contribution >= 4 is 5.91 Å². The Morgan fingerprint density at radius 1 is 1.23 bits per heavy atom. The van der Waals surface area contributed by atoms with Gasteiger partial charge in [0.2, 0.25) is 5.89 Å². The van der Waals surface area contributed by atoms with E-state index in [4.69, 9.17) is 9.78 Å². The molecule has 2 fully saturated rings. The lowest BCUT2D eigenvalue weighted by molar-refractivity contribution is 0.0569. The van der Waals surface area contributed by atoms with Crippen LogP contribution in [0.3, 0.4) is 0 Å². The smallest absolute Gasteiger partial charge is 0.253 e. The highest BCUT2D eigenvalue weighted by atomic mass is 16.5. The average molecular weight is 294 g/mol. The lowest BCUT2D eigenvalue weighted by Gasteiger charge is -2.37. The van der Waals surface area contributed by atoms with Gasteiger partial charge in [0.15, 0.2) is 5.82 Å². The molecule has 1 saturated carbocycles. The number of hydrogen-bond donors (Lipinski definition) is 0. The molecule has 1 aromatic carbocycles. The molecule has 0 N–H and O–H groups in total. The molecule has 0 unspecified atom stereocenters. The molecule has 2 aliphatic rings. The molecule has 0 spiro atoms. The summed E-state index contributed by atoms with van der Waals surface area (Å²) in [5, 5.41) is 12.8. The van der Waals surface area contributed by atoms with Crippen molar-refractivity contribution in [2.75, 3.05) is 13.1 Å². The Labute approximate surface area is 127 Å². The number of likely N-dealkylation sites (tertiary alicyclic amines) is 1. The summed E-state index contributed by atoms with van der Waals surface area (Å²) in [7, 11) is 0. The van der Waals surface area contributed by atoms with E-state index in [1.165, 1.54) is 0 Å². The van der Waals surface area contributed by atoms with Gasteiger partial charge < -0.3 is 9.42 Å². The maximum absolute atomic E-state index is 12.3. The van der Waals surface area contributed by atoms with E-state index >= 15 is 0 Å². The summed E-state index contributed by atoms with van der Waals surface area (Å²) >= 11 is 0. The van der Waals surface area contributed by atoms with Gasteiger partial charge in [-0.3, -0.25) is 4.79 Å². The topological polar surface area (TPSA) is 83.0 Å². The van der Waals surface area contributed by atoms with Gasteiger partial charge in [0.05, 0.1) is 17.6 Å². The molecule has 0 atom stereocenters. The second kappa shape index (κ2) is 4.95. The zero-order valence-corrected chi connectivity index (χ0v) is 11.9. The van der Waals surface area contributed by atoms with Crippen LogP contribution in [0.5, 0.6) is 0 Å². The number of benzene rings is 1. The number of amides is 1. The van der Waals surface area contributed by atoms with Crippen molar-refractivity contribution < 1.29 is 9.32 Å². The first kappa shape index (κ1) is 13.0. The molecule has 4 rings (SSSR count). The number of carbonyl (C=O) groups excluding carboxylic acids is 1. The van der Waals surface area contributed by atoms with E-state index in [0.29, 0.717) is 36.0 Å². The second-order valence-corrected chi connectivity index (χ2v) is 5.86. The molecule has 110 valence electrons. The van der Waals surface area contributed by atoms with Crippen molar-refractivity contribution in [1.82, 2.24) is 15.0 Å². The molecular formula is C16H14N4O2. The van der Waals surface area contributed by atoms with Gasteiger partial charge in [-0.25, -0.2) is 0 Å². The number of nitriles is 1. The van der Waals surface area contributed by atoms with E-state index < -0.39 is 0 Å². The maximum Gasteiger partial charge on any atom is 0.253 e. The zero-order valence-electron chi connectivity index (χ0n) is 11.9. The highest BCUT2D eigenvalue weighted by Gasteiger charge is 2.37. The molecule has 2 heterocycles. The minimum absolute atomic E-state index is 0.0253. The Morgan fingerprint density at radius 3 is 2.59 bits per heavy atom. The standard InChI is InChI=1S/C16H14N4O2/c17-7-10-1-3-12(4-2-10)16(21)20-8-13(9-20)15-18-14(19-22-15)11-5-6-11/h1-4,11,13H,5-6,8-9H2. The minimum Gasteiger partial charge on any atom is -0.339 e. The third-order valence-corrected chi connectivity index (χ3v) is 4.18. The quantitative estimate of drug-likeness (QED) is 0.865. The van der Waals surface area contributed by atoms with Gasteiger partial charge in [0.1, 0.15) is 0 Å². The highest BCUT2D eigenvalue weighted by molar-refractivity contribution is 5.94. The number of carbonyl (C=O) groups is 1. The number of nitrogens with zero attached hydrogens (tertiary/aromatic N) is 4. The lowest BCUT2D eigenvalue weighted by atomic mass is 9.98. The Balaban J connectivity index is 1.39. The molecular weight excluding hydrogens is 280 g/mol. The molecule has 6 nitrogen and oxygen atoms in total. The van der Waals surface area contributed by atoms with Crippen LogP contribution < -0.4 is 0 Å². The van der Waals surface area contributed by atoms with Gasteiger partial charge in [-0.15, -0.1) is 0 Å². The van der Waals surface area contributed by atoms with Crippen molar-refractivity contribution in [3.05, 3.63) is 47.1 Å². The fourth-order valence-corrected chi connectivity index (χ4v) is 2.59. The van der Waals surface area contributed by atoms with Crippen LogP contribution in [0.25, 0.3) is 0 Å². The summed E-state index contributed by atoms with van der Waals surface area (Å²) in [4.78, 5) is 18.5. The first-order valence-corrected chi connectivity index (χ1v) is 7.37. The lowest BCUT2D eigenvalue weighted by Crippen LogP contribution is -2.48. The van der Waals surface area contributed by atoms with Crippen LogP contribution >= 0.6 is 0 Å². The molecule has 1 aromatic heterocycles. The van der Waals surface area contributed by atoms with Crippen LogP contribution in [0, 0.1) is 11.3 Å². The molecule has 0 bridgehead atoms. The fourth-order valence-electron chi connectivity index (χ4n) is 2.59. The van der Waals surface area contributed by atoms with Crippen LogP contribution in [0.1, 0.15) is 52.3 Å². The molecule has 1 aliphatic carbocycles. The van der Waals surface area contributed by atoms with Crippen LogP contribution in [-0.2, 0) is 0 Å². The third kappa shape index (κ3) is 2.25. The van der Waals surface area contributed by atoms with Crippen molar-refractivity contribution in [3.8, 4) is 6.07 Å². The Bertz CT molecular complexity index is 749. The summed E-state index contributed by atoms with van der Waals surface area (Å²) < 4.78 is 5.30. The van der Waals surface area contributed by atoms with Gasteiger partial charge in [0, 0.05) is 24.6 Å². The van der Waals surface area contributed by atoms with Gasteiger partial charge in [-0.05, 0) is 37.1 Å². The normalized spacial score (nSPS) is 17.9. The second-order valence-electron chi connectivity index (χ2n) is 5.86. The maximum atomic E-state index is 12.3. The molecule has 1 amide bonds. The number of rotatable bonds is 3. The summed E-state index contributed by atoms with van der Waals surface area (Å²) in [6.45, 7) is 1.20. The van der Waals surface area contributed by atoms with E-state index in [0.717, 1.165) is 18.7 Å². The van der Waals surface area contributed by atoms with Gasteiger partial charge in [0.25, 0.3) is 5.91 Å². The van der Waals surface area contributed by atoms with Gasteiger partial charge in [-0.1, -0.05) is 5.16 Å². The van der Waals surface area contributed by atoms with Crippen molar-refractivity contribution in [2.45, 2.75) is 24.7 Å². The van der Waals surface area contributed by atoms with Crippen LogP contribution in [0.2, 0.25) is 0 Å². The number of aromatic nitrogens is 2. The molecule has 6 heteroatoms. The summed E-state index contributed by atoms with van der Waals surface area (Å²) in [5.41, 5.74) is 1.15. The minimum atomic E-state index is -0.0253.